The van der Waals surface area contributed by atoms with Gasteiger partial charge in [-0.05, 0) is 18.2 Å². The lowest BCUT2D eigenvalue weighted by Crippen LogP contribution is -2.04. The summed E-state index contributed by atoms with van der Waals surface area (Å²) in [5.41, 5.74) is 6.36. The quantitative estimate of drug-likeness (QED) is 0.743. The molecule has 0 aliphatic carbocycles. The summed E-state index contributed by atoms with van der Waals surface area (Å²) in [4.78, 5) is 0. The minimum Gasteiger partial charge on any atom is -0.368 e. The zero-order valence-corrected chi connectivity index (χ0v) is 10.4. The molecule has 0 radical (unpaired) electrons. The topological polar surface area (TPSA) is 57.0 Å². The number of halogens is 3. The largest absolute Gasteiger partial charge is 0.416 e. The number of nitrogens with two attached hydrogens (primary N) is 1. The summed E-state index contributed by atoms with van der Waals surface area (Å²) < 4.78 is 44.6. The molecule has 0 spiro atoms. The second-order valence-corrected chi connectivity index (χ2v) is 4.47. The molecular formula is C13H10F3N3O. The fourth-order valence-electron chi connectivity index (χ4n) is 2.16. The normalized spacial score (nSPS) is 12.2. The number of hydrogen-bond donors (Lipinski definition) is 1. The Labute approximate surface area is 111 Å². The Balaban J connectivity index is 2.20. The van der Waals surface area contributed by atoms with E-state index in [1.807, 2.05) is 0 Å². The van der Waals surface area contributed by atoms with Gasteiger partial charge in [0.2, 0.25) is 5.88 Å². The van der Waals surface area contributed by atoms with Crippen LogP contribution in [-0.2, 0) is 13.2 Å². The number of nitrogens with zero attached hydrogens (tertiary/aromatic N) is 2. The van der Waals surface area contributed by atoms with Crippen molar-refractivity contribution >= 4 is 16.8 Å². The molecule has 0 bridgehead atoms. The van der Waals surface area contributed by atoms with Crippen molar-refractivity contribution in [1.82, 2.24) is 9.72 Å². The highest BCUT2D eigenvalue weighted by atomic mass is 19.4. The summed E-state index contributed by atoms with van der Waals surface area (Å²) in [6.07, 6.45) is -4.36. The highest BCUT2D eigenvalue weighted by molar-refractivity contribution is 5.87. The smallest absolute Gasteiger partial charge is 0.368 e. The number of rotatable bonds is 1. The van der Waals surface area contributed by atoms with Gasteiger partial charge in [-0.3, -0.25) is 0 Å². The molecule has 3 rings (SSSR count). The fourth-order valence-corrected chi connectivity index (χ4v) is 2.16. The second kappa shape index (κ2) is 4.03. The third kappa shape index (κ3) is 1.91. The van der Waals surface area contributed by atoms with Crippen LogP contribution < -0.4 is 5.73 Å². The summed E-state index contributed by atoms with van der Waals surface area (Å²) in [5.74, 6) is 0.154. The molecule has 0 unspecified atom stereocenters. The predicted octanol–water partition coefficient (Wildman–Crippen LogP) is 3.43. The molecule has 20 heavy (non-hydrogen) atoms. The van der Waals surface area contributed by atoms with Crippen LogP contribution >= 0.6 is 0 Å². The van der Waals surface area contributed by atoms with Crippen molar-refractivity contribution in [3.05, 3.63) is 35.9 Å². The van der Waals surface area contributed by atoms with Crippen molar-refractivity contribution < 1.29 is 17.7 Å². The first-order valence-corrected chi connectivity index (χ1v) is 5.75. The third-order valence-corrected chi connectivity index (χ3v) is 3.16. The van der Waals surface area contributed by atoms with Crippen molar-refractivity contribution in [3.8, 4) is 11.4 Å². The molecule has 1 aromatic carbocycles. The van der Waals surface area contributed by atoms with E-state index in [1.54, 1.807) is 17.7 Å². The Kier molecular flexibility index (Phi) is 2.53. The maximum absolute atomic E-state index is 12.7. The molecule has 104 valence electrons. The van der Waals surface area contributed by atoms with E-state index in [2.05, 4.69) is 5.16 Å². The Morgan fingerprint density at radius 2 is 1.95 bits per heavy atom. The summed E-state index contributed by atoms with van der Waals surface area (Å²) >= 11 is 0. The Morgan fingerprint density at radius 3 is 2.55 bits per heavy atom. The molecule has 0 aliphatic rings. The molecule has 0 amide bonds. The van der Waals surface area contributed by atoms with E-state index < -0.39 is 11.7 Å². The predicted molar refractivity (Wildman–Crippen MR) is 67.8 cm³/mol. The van der Waals surface area contributed by atoms with Crippen LogP contribution in [-0.4, -0.2) is 9.72 Å². The number of benzene rings is 1. The first-order valence-electron chi connectivity index (χ1n) is 5.75. The van der Waals surface area contributed by atoms with Crippen LogP contribution in [0.1, 0.15) is 5.56 Å². The number of anilines is 1. The van der Waals surface area contributed by atoms with Crippen molar-refractivity contribution in [1.29, 1.82) is 0 Å². The summed E-state index contributed by atoms with van der Waals surface area (Å²) in [5, 5.41) is 4.46. The SMILES string of the molecule is Cn1c(-c2cc(N)on2)cc2ccc(C(F)(F)F)cc21. The fraction of sp³-hybridized carbons (Fsp3) is 0.154. The highest BCUT2D eigenvalue weighted by Crippen LogP contribution is 2.34. The van der Waals surface area contributed by atoms with Gasteiger partial charge in [0.1, 0.15) is 5.69 Å². The zero-order valence-electron chi connectivity index (χ0n) is 10.4. The van der Waals surface area contributed by atoms with Crippen LogP contribution in [0.25, 0.3) is 22.3 Å². The van der Waals surface area contributed by atoms with E-state index in [4.69, 9.17) is 10.3 Å². The van der Waals surface area contributed by atoms with E-state index in [-0.39, 0.29) is 5.88 Å². The molecule has 4 nitrogen and oxygen atoms in total. The highest BCUT2D eigenvalue weighted by Gasteiger charge is 2.30. The number of hydrogen-bond acceptors (Lipinski definition) is 3. The van der Waals surface area contributed by atoms with E-state index in [1.165, 1.54) is 12.1 Å². The van der Waals surface area contributed by atoms with Crippen molar-refractivity contribution in [2.45, 2.75) is 6.18 Å². The van der Waals surface area contributed by atoms with Gasteiger partial charge >= 0.3 is 6.18 Å². The maximum atomic E-state index is 12.7. The van der Waals surface area contributed by atoms with Crippen molar-refractivity contribution in [3.63, 3.8) is 0 Å². The van der Waals surface area contributed by atoms with E-state index in [9.17, 15) is 13.2 Å². The van der Waals surface area contributed by atoms with Gasteiger partial charge in [0.15, 0.2) is 0 Å². The van der Waals surface area contributed by atoms with Crippen LogP contribution in [0.4, 0.5) is 19.1 Å². The lowest BCUT2D eigenvalue weighted by atomic mass is 10.1. The van der Waals surface area contributed by atoms with Gasteiger partial charge in [0.05, 0.1) is 11.3 Å². The first-order chi connectivity index (χ1) is 9.36. The van der Waals surface area contributed by atoms with Gasteiger partial charge in [-0.1, -0.05) is 11.2 Å². The molecular weight excluding hydrogens is 271 g/mol. The average molecular weight is 281 g/mol. The van der Waals surface area contributed by atoms with Gasteiger partial charge in [-0.25, -0.2) is 0 Å². The molecule has 3 aromatic rings. The number of aromatic nitrogens is 2. The van der Waals surface area contributed by atoms with Gasteiger partial charge in [0.25, 0.3) is 0 Å². The van der Waals surface area contributed by atoms with Crippen LogP contribution in [0.15, 0.2) is 34.9 Å². The Bertz CT molecular complexity index is 786. The molecule has 0 saturated heterocycles. The van der Waals surface area contributed by atoms with Crippen LogP contribution in [0.2, 0.25) is 0 Å². The van der Waals surface area contributed by atoms with Gasteiger partial charge in [-0.15, -0.1) is 0 Å². The van der Waals surface area contributed by atoms with Gasteiger partial charge in [-0.2, -0.15) is 13.2 Å². The van der Waals surface area contributed by atoms with E-state index in [0.29, 0.717) is 22.3 Å². The monoisotopic (exact) mass is 281 g/mol. The maximum Gasteiger partial charge on any atom is 0.416 e. The summed E-state index contributed by atoms with van der Waals surface area (Å²) in [6, 6.07) is 6.88. The molecule has 2 aromatic heterocycles. The van der Waals surface area contributed by atoms with Crippen molar-refractivity contribution in [2.24, 2.45) is 7.05 Å². The van der Waals surface area contributed by atoms with Crippen molar-refractivity contribution in [2.75, 3.05) is 5.73 Å². The zero-order chi connectivity index (χ0) is 14.5. The van der Waals surface area contributed by atoms with Gasteiger partial charge in [0, 0.05) is 24.0 Å². The van der Waals surface area contributed by atoms with E-state index in [0.717, 1.165) is 12.1 Å². The Hall–Kier alpha value is -2.44. The van der Waals surface area contributed by atoms with E-state index >= 15 is 0 Å². The number of fused-ring (bicyclic) bond motifs is 1. The van der Waals surface area contributed by atoms with Crippen LogP contribution in [0.3, 0.4) is 0 Å². The van der Waals surface area contributed by atoms with Crippen LogP contribution in [0.5, 0.6) is 0 Å². The molecule has 2 N–H and O–H groups in total. The molecule has 2 heterocycles. The van der Waals surface area contributed by atoms with Gasteiger partial charge < -0.3 is 14.8 Å². The molecule has 0 fully saturated rings. The number of nitrogen functional groups attached to an aromatic ring is 1. The first kappa shape index (κ1) is 12.6. The molecule has 0 aliphatic heterocycles. The minimum atomic E-state index is -4.36. The molecule has 0 atom stereocenters. The standard InChI is InChI=1S/C13H10F3N3O/c1-19-10-5-8(13(14,15)16)3-2-7(10)4-11(19)9-6-12(17)20-18-9/h2-6H,17H2,1H3. The Morgan fingerprint density at radius 1 is 1.20 bits per heavy atom. The lowest BCUT2D eigenvalue weighted by Gasteiger charge is -2.07. The summed E-state index contributed by atoms with van der Waals surface area (Å²) in [6.45, 7) is 0. The number of aryl methyl sites for hydroxylation is 1. The lowest BCUT2D eigenvalue weighted by molar-refractivity contribution is -0.137. The number of alkyl halides is 3. The minimum absolute atomic E-state index is 0.154. The summed E-state index contributed by atoms with van der Waals surface area (Å²) in [7, 11) is 1.67. The molecule has 0 saturated carbocycles. The molecule has 7 heteroatoms. The average Bonchev–Trinajstić information content (AvgIpc) is 2.92. The van der Waals surface area contributed by atoms with Crippen LogP contribution in [0, 0.1) is 0 Å². The third-order valence-electron chi connectivity index (χ3n) is 3.16. The second-order valence-electron chi connectivity index (χ2n) is 4.47.